The molecule has 170 valence electrons. The fourth-order valence-corrected chi connectivity index (χ4v) is 3.32. The van der Waals surface area contributed by atoms with E-state index in [9.17, 15) is 9.59 Å². The number of fused-ring (bicyclic) bond motifs is 2. The minimum atomic E-state index is -0.357. The fraction of sp³-hybridized carbons (Fsp3) is 0.348. The highest BCUT2D eigenvalue weighted by Gasteiger charge is 2.08. The number of aromatic nitrogens is 4. The van der Waals surface area contributed by atoms with Gasteiger partial charge in [0.05, 0.1) is 22.1 Å². The third-order valence-electron chi connectivity index (χ3n) is 4.94. The molecule has 0 aliphatic rings. The summed E-state index contributed by atoms with van der Waals surface area (Å²) in [7, 11) is 5.99. The molecule has 0 atom stereocenters. The van der Waals surface area contributed by atoms with Crippen LogP contribution in [0.1, 0.15) is 18.1 Å². The zero-order valence-corrected chi connectivity index (χ0v) is 18.9. The number of H-pyrrole nitrogens is 3. The van der Waals surface area contributed by atoms with Crippen LogP contribution in [0.4, 0.5) is 0 Å². The Balaban J connectivity index is 0.000000182. The van der Waals surface area contributed by atoms with Gasteiger partial charge in [0.2, 0.25) is 11.4 Å². The Morgan fingerprint density at radius 3 is 2.50 bits per heavy atom. The molecule has 32 heavy (non-hydrogen) atoms. The second-order valence-electron chi connectivity index (χ2n) is 7.79. The van der Waals surface area contributed by atoms with E-state index in [0.29, 0.717) is 5.88 Å². The quantitative estimate of drug-likeness (QED) is 0.329. The lowest BCUT2D eigenvalue weighted by atomic mass is 10.2. The van der Waals surface area contributed by atoms with Crippen LogP contribution in [0.25, 0.3) is 22.1 Å². The van der Waals surface area contributed by atoms with E-state index >= 15 is 0 Å². The van der Waals surface area contributed by atoms with Crippen molar-refractivity contribution in [1.29, 1.82) is 0 Å². The Labute approximate surface area is 186 Å². The van der Waals surface area contributed by atoms with Gasteiger partial charge in [0, 0.05) is 38.0 Å². The zero-order chi connectivity index (χ0) is 23.1. The number of esters is 1. The van der Waals surface area contributed by atoms with Crippen molar-refractivity contribution >= 4 is 28.0 Å². The van der Waals surface area contributed by atoms with E-state index in [4.69, 9.17) is 4.74 Å². The average molecular weight is 439 g/mol. The number of nitrogens with one attached hydrogen (secondary N) is 4. The van der Waals surface area contributed by atoms with E-state index in [1.807, 2.05) is 45.7 Å². The summed E-state index contributed by atoms with van der Waals surface area (Å²) < 4.78 is 4.97. The molecule has 0 bridgehead atoms. The number of aromatic amines is 3. The molecule has 9 heteroatoms. The van der Waals surface area contributed by atoms with Crippen LogP contribution in [-0.4, -0.2) is 65.0 Å². The minimum absolute atomic E-state index is 0.0480. The highest BCUT2D eigenvalue weighted by Crippen LogP contribution is 2.20. The molecule has 0 radical (unpaired) electrons. The number of hydrogen-bond donors (Lipinski definition) is 4. The monoisotopic (exact) mass is 438 g/mol. The van der Waals surface area contributed by atoms with Crippen LogP contribution in [-0.2, 0) is 17.6 Å². The molecule has 0 amide bonds. The number of ether oxygens (including phenoxy) is 1. The third kappa shape index (κ3) is 6.05. The summed E-state index contributed by atoms with van der Waals surface area (Å²) in [4.78, 5) is 37.7. The summed E-state index contributed by atoms with van der Waals surface area (Å²) in [6.45, 7) is 3.22. The maximum atomic E-state index is 11.2. The predicted molar refractivity (Wildman–Crippen MR) is 126 cm³/mol. The molecular formula is C23H30N6O3. The van der Waals surface area contributed by atoms with E-state index in [-0.39, 0.29) is 11.5 Å². The molecule has 0 saturated heterocycles. The Kier molecular flexibility index (Phi) is 7.80. The van der Waals surface area contributed by atoms with Gasteiger partial charge in [-0.1, -0.05) is 0 Å². The lowest BCUT2D eigenvalue weighted by molar-refractivity contribution is -0.132. The van der Waals surface area contributed by atoms with Crippen LogP contribution in [0.5, 0.6) is 5.88 Å². The highest BCUT2D eigenvalue weighted by molar-refractivity contribution is 5.80. The summed E-state index contributed by atoms with van der Waals surface area (Å²) in [6.07, 6.45) is 5.72. The van der Waals surface area contributed by atoms with Crippen LogP contribution < -0.4 is 15.6 Å². The van der Waals surface area contributed by atoms with E-state index < -0.39 is 0 Å². The molecule has 0 fully saturated rings. The van der Waals surface area contributed by atoms with Gasteiger partial charge in [0.15, 0.2) is 0 Å². The van der Waals surface area contributed by atoms with Gasteiger partial charge in [0.1, 0.15) is 0 Å². The first-order valence-electron chi connectivity index (χ1n) is 10.5. The molecule has 0 saturated carbocycles. The molecule has 4 N–H and O–H groups in total. The Morgan fingerprint density at radius 2 is 1.78 bits per heavy atom. The molecule has 4 aromatic rings. The molecule has 0 spiro atoms. The SMILES string of the molecule is CN(C)CCc1c[nH]c2ccc(=O)[nH]c12.CNCCc1c[nH]c2ccc(OC(C)=O)nc12. The topological polar surface area (TPSA) is 119 Å². The lowest BCUT2D eigenvalue weighted by Crippen LogP contribution is -2.15. The largest absolute Gasteiger partial charge is 0.408 e. The second-order valence-corrected chi connectivity index (χ2v) is 7.79. The van der Waals surface area contributed by atoms with Crippen molar-refractivity contribution < 1.29 is 9.53 Å². The van der Waals surface area contributed by atoms with Gasteiger partial charge in [0.25, 0.3) is 0 Å². The number of carbonyl (C=O) groups excluding carboxylic acids is 1. The molecule has 0 aromatic carbocycles. The second kappa shape index (κ2) is 10.7. The zero-order valence-electron chi connectivity index (χ0n) is 18.9. The van der Waals surface area contributed by atoms with Gasteiger partial charge >= 0.3 is 5.97 Å². The van der Waals surface area contributed by atoms with E-state index in [0.717, 1.165) is 59.1 Å². The van der Waals surface area contributed by atoms with Crippen LogP contribution in [0.3, 0.4) is 0 Å². The van der Waals surface area contributed by atoms with Gasteiger partial charge in [-0.2, -0.15) is 0 Å². The summed E-state index contributed by atoms with van der Waals surface area (Å²) in [6, 6.07) is 6.90. The number of nitrogens with zero attached hydrogens (tertiary/aromatic N) is 2. The van der Waals surface area contributed by atoms with Crippen molar-refractivity contribution in [3.8, 4) is 5.88 Å². The molecule has 0 aliphatic heterocycles. The number of carbonyl (C=O) groups is 1. The van der Waals surface area contributed by atoms with Crippen molar-refractivity contribution in [3.63, 3.8) is 0 Å². The number of likely N-dealkylation sites (N-methyl/N-ethyl adjacent to an activating group) is 2. The van der Waals surface area contributed by atoms with E-state index in [1.54, 1.807) is 6.07 Å². The van der Waals surface area contributed by atoms with Crippen molar-refractivity contribution in [2.75, 3.05) is 34.2 Å². The molecule has 4 aromatic heterocycles. The predicted octanol–water partition coefficient (Wildman–Crippen LogP) is 2.21. The van der Waals surface area contributed by atoms with Crippen molar-refractivity contribution in [2.45, 2.75) is 19.8 Å². The first kappa shape index (κ1) is 23.2. The van der Waals surface area contributed by atoms with E-state index in [1.165, 1.54) is 13.0 Å². The van der Waals surface area contributed by atoms with Gasteiger partial charge < -0.3 is 29.9 Å². The summed E-state index contributed by atoms with van der Waals surface area (Å²) in [5.74, 6) is -0.0144. The molecule has 0 aliphatic carbocycles. The van der Waals surface area contributed by atoms with Gasteiger partial charge in [-0.15, -0.1) is 0 Å². The Bertz CT molecular complexity index is 1240. The van der Waals surface area contributed by atoms with Gasteiger partial charge in [-0.25, -0.2) is 4.98 Å². The molecule has 4 rings (SSSR count). The summed E-state index contributed by atoms with van der Waals surface area (Å²) in [5.41, 5.74) is 5.96. The van der Waals surface area contributed by atoms with Crippen molar-refractivity contribution in [2.24, 2.45) is 0 Å². The standard InChI is InChI=1S/C12H15N3O2.C11H15N3O/c1-8(16)17-11-4-3-10-12(15-11)9(7-14-10)5-6-13-2;1-14(2)6-5-8-7-12-9-3-4-10(15)13-11(8)9/h3-4,7,13-14H,5-6H2,1-2H3;3-4,7,12H,5-6H2,1-2H3,(H,13,15). The summed E-state index contributed by atoms with van der Waals surface area (Å²) in [5, 5.41) is 3.09. The smallest absolute Gasteiger partial charge is 0.309 e. The molecule has 4 heterocycles. The Morgan fingerprint density at radius 1 is 1.06 bits per heavy atom. The molecular weight excluding hydrogens is 408 g/mol. The molecule has 9 nitrogen and oxygen atoms in total. The summed E-state index contributed by atoms with van der Waals surface area (Å²) >= 11 is 0. The number of rotatable bonds is 7. The average Bonchev–Trinajstić information content (AvgIpc) is 3.34. The van der Waals surface area contributed by atoms with Crippen LogP contribution in [0.2, 0.25) is 0 Å². The lowest BCUT2D eigenvalue weighted by Gasteiger charge is -2.07. The van der Waals surface area contributed by atoms with E-state index in [2.05, 4.69) is 30.2 Å². The Hall–Kier alpha value is -3.43. The highest BCUT2D eigenvalue weighted by atomic mass is 16.5. The first-order chi connectivity index (χ1) is 15.4. The van der Waals surface area contributed by atoms with Gasteiger partial charge in [-0.3, -0.25) is 9.59 Å². The molecule has 0 unspecified atom stereocenters. The van der Waals surface area contributed by atoms with Crippen LogP contribution in [0.15, 0.2) is 41.5 Å². The maximum absolute atomic E-state index is 11.2. The number of pyridine rings is 2. The van der Waals surface area contributed by atoms with Gasteiger partial charge in [-0.05, 0) is 63.8 Å². The fourth-order valence-electron chi connectivity index (χ4n) is 3.32. The normalized spacial score (nSPS) is 11.0. The number of hydrogen-bond acceptors (Lipinski definition) is 6. The van der Waals surface area contributed by atoms with Crippen LogP contribution in [0, 0.1) is 0 Å². The van der Waals surface area contributed by atoms with Crippen molar-refractivity contribution in [1.82, 2.24) is 30.2 Å². The first-order valence-corrected chi connectivity index (χ1v) is 10.5. The maximum Gasteiger partial charge on any atom is 0.309 e. The minimum Gasteiger partial charge on any atom is -0.408 e. The third-order valence-corrected chi connectivity index (χ3v) is 4.94. The van der Waals surface area contributed by atoms with Crippen molar-refractivity contribution in [3.05, 3.63) is 58.1 Å². The van der Waals surface area contributed by atoms with Crippen LogP contribution >= 0.6 is 0 Å².